The quantitative estimate of drug-likeness (QED) is 0.786. The zero-order valence-electron chi connectivity index (χ0n) is 12.8. The van der Waals surface area contributed by atoms with Gasteiger partial charge in [0.25, 0.3) is 0 Å². The lowest BCUT2D eigenvalue weighted by atomic mass is 10.0. The Morgan fingerprint density at radius 2 is 1.95 bits per heavy atom. The minimum absolute atomic E-state index is 0.0743. The first-order valence-corrected chi connectivity index (χ1v) is 7.46. The molecular weight excluding hydrogens is 250 g/mol. The van der Waals surface area contributed by atoms with E-state index in [1.54, 1.807) is 6.92 Å². The van der Waals surface area contributed by atoms with Gasteiger partial charge in [0.05, 0.1) is 0 Å². The summed E-state index contributed by atoms with van der Waals surface area (Å²) in [4.78, 5) is 26.0. The third kappa shape index (κ3) is 2.49. The van der Waals surface area contributed by atoms with Crippen LogP contribution in [0.5, 0.6) is 0 Å². The third-order valence-electron chi connectivity index (χ3n) is 4.27. The Labute approximate surface area is 121 Å². The Kier molecular flexibility index (Phi) is 4.26. The van der Waals surface area contributed by atoms with E-state index < -0.39 is 0 Å². The molecule has 3 nitrogen and oxygen atoms in total. The summed E-state index contributed by atoms with van der Waals surface area (Å²) in [6.45, 7) is 7.78. The second-order valence-corrected chi connectivity index (χ2v) is 5.67. The van der Waals surface area contributed by atoms with Crippen LogP contribution in [0.4, 0.5) is 5.69 Å². The highest BCUT2D eigenvalue weighted by Gasteiger charge is 2.33. The molecule has 108 valence electrons. The highest BCUT2D eigenvalue weighted by atomic mass is 16.2. The number of fused-ring (bicyclic) bond motifs is 1. The number of carbonyl (C=O) groups excluding carboxylic acids is 2. The Bertz CT molecular complexity index is 532. The number of nitrogens with zero attached hydrogens (tertiary/aromatic N) is 1. The van der Waals surface area contributed by atoms with Crippen LogP contribution in [-0.4, -0.2) is 17.7 Å². The van der Waals surface area contributed by atoms with E-state index >= 15 is 0 Å². The van der Waals surface area contributed by atoms with Gasteiger partial charge in [0.2, 0.25) is 5.91 Å². The van der Waals surface area contributed by atoms with Crippen molar-refractivity contribution < 1.29 is 9.59 Å². The summed E-state index contributed by atoms with van der Waals surface area (Å²) in [5.74, 6) is 0.387. The van der Waals surface area contributed by atoms with E-state index in [1.165, 1.54) is 0 Å². The molecule has 20 heavy (non-hydrogen) atoms. The van der Waals surface area contributed by atoms with E-state index in [9.17, 15) is 9.59 Å². The molecular formula is C17H23NO2. The largest absolute Gasteiger partial charge is 0.309 e. The van der Waals surface area contributed by atoms with Crippen molar-refractivity contribution in [3.05, 3.63) is 29.3 Å². The van der Waals surface area contributed by atoms with Crippen LogP contribution in [0.15, 0.2) is 18.2 Å². The van der Waals surface area contributed by atoms with Gasteiger partial charge >= 0.3 is 0 Å². The second kappa shape index (κ2) is 5.78. The number of carbonyl (C=O) groups is 2. The lowest BCUT2D eigenvalue weighted by Crippen LogP contribution is -2.39. The molecule has 0 aromatic heterocycles. The first-order chi connectivity index (χ1) is 9.49. The van der Waals surface area contributed by atoms with Crippen LogP contribution in [0, 0.1) is 5.92 Å². The Morgan fingerprint density at radius 1 is 1.30 bits per heavy atom. The van der Waals surface area contributed by atoms with Crippen LogP contribution in [0.1, 0.15) is 56.5 Å². The van der Waals surface area contributed by atoms with Crippen LogP contribution in [0.25, 0.3) is 0 Å². The van der Waals surface area contributed by atoms with Crippen molar-refractivity contribution in [2.75, 3.05) is 4.90 Å². The fourth-order valence-corrected chi connectivity index (χ4v) is 3.02. The number of Topliss-reactive ketones (excluding diaryl/α,β-unsaturated/α-hetero) is 1. The van der Waals surface area contributed by atoms with Gasteiger partial charge in [-0.3, -0.25) is 9.59 Å². The molecule has 0 fully saturated rings. The van der Waals surface area contributed by atoms with E-state index in [1.807, 2.05) is 23.1 Å². The average molecular weight is 273 g/mol. The van der Waals surface area contributed by atoms with Gasteiger partial charge in [0.1, 0.15) is 0 Å². The minimum atomic E-state index is 0.0743. The number of rotatable bonds is 4. The highest BCUT2D eigenvalue weighted by Crippen LogP contribution is 2.34. The molecule has 1 amide bonds. The van der Waals surface area contributed by atoms with Gasteiger partial charge in [-0.05, 0) is 56.9 Å². The fraction of sp³-hybridized carbons (Fsp3) is 0.529. The molecule has 0 spiro atoms. The van der Waals surface area contributed by atoms with Crippen LogP contribution < -0.4 is 4.90 Å². The Morgan fingerprint density at radius 3 is 2.50 bits per heavy atom. The number of hydrogen-bond donors (Lipinski definition) is 0. The van der Waals surface area contributed by atoms with Crippen molar-refractivity contribution in [2.45, 2.75) is 53.0 Å². The molecule has 0 radical (unpaired) electrons. The van der Waals surface area contributed by atoms with Crippen LogP contribution in [-0.2, 0) is 11.2 Å². The Hall–Kier alpha value is -1.64. The van der Waals surface area contributed by atoms with E-state index in [4.69, 9.17) is 0 Å². The van der Waals surface area contributed by atoms with Crippen LogP contribution in [0.3, 0.4) is 0 Å². The summed E-state index contributed by atoms with van der Waals surface area (Å²) in [5, 5.41) is 0. The first-order valence-electron chi connectivity index (χ1n) is 7.46. The molecule has 1 unspecified atom stereocenters. The summed E-state index contributed by atoms with van der Waals surface area (Å²) in [5.41, 5.74) is 2.83. The molecule has 2 rings (SSSR count). The SMILES string of the molecule is CCC(CC)C(=O)N1c2ccc(C(C)=O)cc2CC1C. The smallest absolute Gasteiger partial charge is 0.230 e. The summed E-state index contributed by atoms with van der Waals surface area (Å²) >= 11 is 0. The maximum Gasteiger partial charge on any atom is 0.230 e. The standard InChI is InChI=1S/C17H23NO2/c1-5-13(6-2)17(20)18-11(3)9-15-10-14(12(4)19)7-8-16(15)18/h7-8,10-11,13H,5-6,9H2,1-4H3. The topological polar surface area (TPSA) is 37.4 Å². The van der Waals surface area contributed by atoms with Gasteiger partial charge < -0.3 is 4.90 Å². The fourth-order valence-electron chi connectivity index (χ4n) is 3.02. The molecule has 1 aliphatic rings. The minimum Gasteiger partial charge on any atom is -0.309 e. The molecule has 1 aromatic carbocycles. The maximum atomic E-state index is 12.7. The summed E-state index contributed by atoms with van der Waals surface area (Å²) in [6, 6.07) is 5.87. The number of anilines is 1. The molecule has 0 saturated carbocycles. The molecule has 1 heterocycles. The van der Waals surface area contributed by atoms with Crippen molar-refractivity contribution in [3.63, 3.8) is 0 Å². The molecule has 3 heteroatoms. The molecule has 0 N–H and O–H groups in total. The zero-order chi connectivity index (χ0) is 14.9. The molecule has 1 aromatic rings. The summed E-state index contributed by atoms with van der Waals surface area (Å²) < 4.78 is 0. The van der Waals surface area contributed by atoms with E-state index in [2.05, 4.69) is 20.8 Å². The summed E-state index contributed by atoms with van der Waals surface area (Å²) in [7, 11) is 0. The van der Waals surface area contributed by atoms with E-state index in [0.29, 0.717) is 0 Å². The second-order valence-electron chi connectivity index (χ2n) is 5.67. The van der Waals surface area contributed by atoms with Crippen molar-refractivity contribution in [1.82, 2.24) is 0 Å². The van der Waals surface area contributed by atoms with Crippen molar-refractivity contribution in [3.8, 4) is 0 Å². The third-order valence-corrected chi connectivity index (χ3v) is 4.27. The molecule has 0 saturated heterocycles. The zero-order valence-corrected chi connectivity index (χ0v) is 12.8. The van der Waals surface area contributed by atoms with Gasteiger partial charge in [0, 0.05) is 23.2 Å². The molecule has 0 aliphatic carbocycles. The highest BCUT2D eigenvalue weighted by molar-refractivity contribution is 5.99. The van der Waals surface area contributed by atoms with E-state index in [0.717, 1.165) is 36.1 Å². The number of ketones is 1. The normalized spacial score (nSPS) is 17.4. The molecule has 1 aliphatic heterocycles. The molecule has 1 atom stereocenters. The average Bonchev–Trinajstić information content (AvgIpc) is 2.74. The summed E-state index contributed by atoms with van der Waals surface area (Å²) in [6.07, 6.45) is 2.58. The number of hydrogen-bond acceptors (Lipinski definition) is 2. The number of benzene rings is 1. The van der Waals surface area contributed by atoms with Crippen molar-refractivity contribution in [2.24, 2.45) is 5.92 Å². The van der Waals surface area contributed by atoms with Crippen molar-refractivity contribution >= 4 is 17.4 Å². The van der Waals surface area contributed by atoms with Crippen LogP contribution in [0.2, 0.25) is 0 Å². The predicted octanol–water partition coefficient (Wildman–Crippen LogP) is 3.60. The first kappa shape index (κ1) is 14.8. The van der Waals surface area contributed by atoms with Crippen LogP contribution >= 0.6 is 0 Å². The van der Waals surface area contributed by atoms with E-state index in [-0.39, 0.29) is 23.7 Å². The predicted molar refractivity (Wildman–Crippen MR) is 81.2 cm³/mol. The monoisotopic (exact) mass is 273 g/mol. The van der Waals surface area contributed by atoms with Crippen molar-refractivity contribution in [1.29, 1.82) is 0 Å². The van der Waals surface area contributed by atoms with Gasteiger partial charge in [0.15, 0.2) is 5.78 Å². The van der Waals surface area contributed by atoms with Gasteiger partial charge in [-0.1, -0.05) is 13.8 Å². The number of amides is 1. The lowest BCUT2D eigenvalue weighted by molar-refractivity contribution is -0.122. The maximum absolute atomic E-state index is 12.7. The Balaban J connectivity index is 2.35. The molecule has 0 bridgehead atoms. The van der Waals surface area contributed by atoms with Gasteiger partial charge in [-0.2, -0.15) is 0 Å². The van der Waals surface area contributed by atoms with Gasteiger partial charge in [-0.25, -0.2) is 0 Å². The lowest BCUT2D eigenvalue weighted by Gasteiger charge is -2.26. The van der Waals surface area contributed by atoms with Gasteiger partial charge in [-0.15, -0.1) is 0 Å².